The van der Waals surface area contributed by atoms with E-state index in [1.54, 1.807) is 18.2 Å². The van der Waals surface area contributed by atoms with E-state index in [0.29, 0.717) is 0 Å². The van der Waals surface area contributed by atoms with Gasteiger partial charge in [-0.15, -0.1) is 0 Å². The minimum Gasteiger partial charge on any atom is -0.398 e. The van der Waals surface area contributed by atoms with Crippen molar-refractivity contribution in [2.45, 2.75) is 11.1 Å². The summed E-state index contributed by atoms with van der Waals surface area (Å²) < 4.78 is 26.4. The van der Waals surface area contributed by atoms with Crippen molar-refractivity contribution >= 4 is 15.7 Å². The smallest absolute Gasteiger partial charge is 0.263 e. The topological polar surface area (TPSA) is 104 Å². The Morgan fingerprint density at radius 3 is 2.72 bits per heavy atom. The zero-order valence-corrected chi connectivity index (χ0v) is 10.2. The lowest BCUT2D eigenvalue weighted by Crippen LogP contribution is -2.37. The average Bonchev–Trinajstić information content (AvgIpc) is 2.32. The highest BCUT2D eigenvalue weighted by molar-refractivity contribution is 7.89. The summed E-state index contributed by atoms with van der Waals surface area (Å²) in [6.07, 6.45) is 3.48. The van der Waals surface area contributed by atoms with Crippen LogP contribution >= 0.6 is 0 Å². The van der Waals surface area contributed by atoms with Gasteiger partial charge >= 0.3 is 0 Å². The van der Waals surface area contributed by atoms with E-state index in [-0.39, 0.29) is 16.3 Å². The van der Waals surface area contributed by atoms with Crippen molar-refractivity contribution < 1.29 is 13.5 Å². The number of rotatable bonds is 3. The molecule has 0 aromatic heterocycles. The summed E-state index contributed by atoms with van der Waals surface area (Å²) >= 11 is 0. The second-order valence-electron chi connectivity index (χ2n) is 3.69. The molecule has 0 radical (unpaired) electrons. The number of dihydropyridines is 1. The predicted molar refractivity (Wildman–Crippen MR) is 67.5 cm³/mol. The molecule has 5 N–H and O–H groups in total. The maximum Gasteiger partial charge on any atom is 0.263 e. The van der Waals surface area contributed by atoms with Crippen molar-refractivity contribution in [2.24, 2.45) is 0 Å². The molecule has 1 heterocycles. The van der Waals surface area contributed by atoms with Crippen molar-refractivity contribution in [3.05, 3.63) is 48.3 Å². The third-order valence-electron chi connectivity index (χ3n) is 2.38. The van der Waals surface area contributed by atoms with Crippen molar-refractivity contribution in [1.82, 2.24) is 10.0 Å². The molecule has 0 amide bonds. The maximum atomic E-state index is 12.1. The number of allylic oxidation sites excluding steroid dienone is 2. The Morgan fingerprint density at radius 2 is 2.06 bits per heavy atom. The van der Waals surface area contributed by atoms with Crippen molar-refractivity contribution in [3.63, 3.8) is 0 Å². The molecule has 1 unspecified atom stereocenters. The molecule has 0 bridgehead atoms. The molecule has 0 saturated heterocycles. The second-order valence-corrected chi connectivity index (χ2v) is 5.34. The van der Waals surface area contributed by atoms with E-state index in [9.17, 15) is 13.5 Å². The summed E-state index contributed by atoms with van der Waals surface area (Å²) in [6, 6.07) is 6.12. The Bertz CT molecular complexity index is 608. The largest absolute Gasteiger partial charge is 0.398 e. The number of benzene rings is 1. The molecule has 2 rings (SSSR count). The van der Waals surface area contributed by atoms with Gasteiger partial charge in [0.2, 0.25) is 0 Å². The van der Waals surface area contributed by atoms with Gasteiger partial charge in [0.1, 0.15) is 4.90 Å². The van der Waals surface area contributed by atoms with Crippen LogP contribution in [0.15, 0.2) is 53.2 Å². The van der Waals surface area contributed by atoms with Crippen molar-refractivity contribution in [1.29, 1.82) is 0 Å². The van der Waals surface area contributed by atoms with Gasteiger partial charge in [-0.05, 0) is 30.5 Å². The zero-order valence-electron chi connectivity index (χ0n) is 9.37. The van der Waals surface area contributed by atoms with Gasteiger partial charge in [0.25, 0.3) is 10.0 Å². The number of hydrogen-bond donors (Lipinski definition) is 4. The minimum atomic E-state index is -3.80. The number of para-hydroxylation sites is 1. The van der Waals surface area contributed by atoms with Crippen LogP contribution in [0, 0.1) is 0 Å². The number of anilines is 1. The first-order chi connectivity index (χ1) is 8.50. The minimum absolute atomic E-state index is 0.0207. The van der Waals surface area contributed by atoms with E-state index in [2.05, 4.69) is 10.0 Å². The van der Waals surface area contributed by atoms with E-state index >= 15 is 0 Å². The van der Waals surface area contributed by atoms with Crippen LogP contribution in [0.1, 0.15) is 0 Å². The molecule has 96 valence electrons. The van der Waals surface area contributed by atoms with Gasteiger partial charge < -0.3 is 16.2 Å². The van der Waals surface area contributed by atoms with E-state index in [0.717, 1.165) is 0 Å². The summed E-state index contributed by atoms with van der Waals surface area (Å²) in [7, 11) is -3.80. The SMILES string of the molecule is Nc1ccccc1S(=O)(=O)NC1=CC=CNC1O. The number of aliphatic hydroxyl groups is 1. The fourth-order valence-corrected chi connectivity index (χ4v) is 2.74. The van der Waals surface area contributed by atoms with Crippen LogP contribution in [0.5, 0.6) is 0 Å². The summed E-state index contributed by atoms with van der Waals surface area (Å²) in [6.45, 7) is 0. The summed E-state index contributed by atoms with van der Waals surface area (Å²) in [5.74, 6) is 0. The first-order valence-corrected chi connectivity index (χ1v) is 6.67. The lowest BCUT2D eigenvalue weighted by Gasteiger charge is -2.19. The molecule has 6 nitrogen and oxygen atoms in total. The van der Waals surface area contributed by atoms with Gasteiger partial charge in [-0.2, -0.15) is 0 Å². The second kappa shape index (κ2) is 4.71. The molecule has 0 fully saturated rings. The molecule has 1 aliphatic rings. The third kappa shape index (κ3) is 2.47. The Balaban J connectivity index is 2.31. The Labute approximate surface area is 105 Å². The van der Waals surface area contributed by atoms with E-state index in [1.165, 1.54) is 24.4 Å². The molecule has 1 aliphatic heterocycles. The standard InChI is InChI=1S/C11H13N3O3S/c12-8-4-1-2-6-10(8)18(16,17)14-9-5-3-7-13-11(9)15/h1-7,11,13-15H,12H2. The lowest BCUT2D eigenvalue weighted by atomic mass is 10.3. The molecule has 0 saturated carbocycles. The molecule has 18 heavy (non-hydrogen) atoms. The van der Waals surface area contributed by atoms with Crippen molar-refractivity contribution in [2.75, 3.05) is 5.73 Å². The Morgan fingerprint density at radius 1 is 1.33 bits per heavy atom. The molecule has 1 aromatic carbocycles. The first kappa shape index (κ1) is 12.5. The van der Waals surface area contributed by atoms with Crippen LogP contribution in [0.25, 0.3) is 0 Å². The average molecular weight is 267 g/mol. The van der Waals surface area contributed by atoms with Crippen LogP contribution < -0.4 is 15.8 Å². The van der Waals surface area contributed by atoms with Crippen molar-refractivity contribution in [3.8, 4) is 0 Å². The molecule has 1 aromatic rings. The number of nitrogens with two attached hydrogens (primary N) is 1. The molecule has 1 atom stereocenters. The highest BCUT2D eigenvalue weighted by atomic mass is 32.2. The highest BCUT2D eigenvalue weighted by Crippen LogP contribution is 2.18. The van der Waals surface area contributed by atoms with Gasteiger partial charge in [-0.1, -0.05) is 12.1 Å². The fourth-order valence-electron chi connectivity index (χ4n) is 1.50. The van der Waals surface area contributed by atoms with Crippen LogP contribution in [-0.4, -0.2) is 19.8 Å². The fraction of sp³-hybridized carbons (Fsp3) is 0.0909. The maximum absolute atomic E-state index is 12.1. The van der Waals surface area contributed by atoms with Gasteiger partial charge in [0, 0.05) is 0 Å². The summed E-state index contributed by atoms with van der Waals surface area (Å²) in [4.78, 5) is -0.0207. The lowest BCUT2D eigenvalue weighted by molar-refractivity contribution is 0.183. The molecule has 0 spiro atoms. The third-order valence-corrected chi connectivity index (χ3v) is 3.84. The number of sulfonamides is 1. The normalized spacial score (nSPS) is 18.9. The summed E-state index contributed by atoms with van der Waals surface area (Å²) in [5.41, 5.74) is 5.91. The Hall–Kier alpha value is -1.99. The summed E-state index contributed by atoms with van der Waals surface area (Å²) in [5, 5.41) is 12.1. The molecular formula is C11H13N3O3S. The van der Waals surface area contributed by atoms with Gasteiger partial charge in [-0.25, -0.2) is 8.42 Å². The predicted octanol–water partition coefficient (Wildman–Crippen LogP) is -0.134. The van der Waals surface area contributed by atoms with E-state index < -0.39 is 16.3 Å². The van der Waals surface area contributed by atoms with Crippen LogP contribution in [0.2, 0.25) is 0 Å². The number of nitrogens with one attached hydrogen (secondary N) is 2. The van der Waals surface area contributed by atoms with Gasteiger partial charge in [0.05, 0.1) is 11.4 Å². The van der Waals surface area contributed by atoms with Gasteiger partial charge in [-0.3, -0.25) is 4.72 Å². The van der Waals surface area contributed by atoms with Gasteiger partial charge in [0.15, 0.2) is 6.23 Å². The Kier molecular flexibility index (Phi) is 3.26. The monoisotopic (exact) mass is 267 g/mol. The van der Waals surface area contributed by atoms with Crippen LogP contribution in [-0.2, 0) is 10.0 Å². The molecule has 0 aliphatic carbocycles. The highest BCUT2D eigenvalue weighted by Gasteiger charge is 2.21. The number of nitrogen functional groups attached to an aromatic ring is 1. The quantitative estimate of drug-likeness (QED) is 0.571. The van der Waals surface area contributed by atoms with Crippen LogP contribution in [0.4, 0.5) is 5.69 Å². The number of aliphatic hydroxyl groups excluding tert-OH is 1. The number of hydrogen-bond acceptors (Lipinski definition) is 5. The first-order valence-electron chi connectivity index (χ1n) is 5.19. The molecule has 7 heteroatoms. The van der Waals surface area contributed by atoms with Crippen LogP contribution in [0.3, 0.4) is 0 Å². The van der Waals surface area contributed by atoms with E-state index in [4.69, 9.17) is 5.73 Å². The van der Waals surface area contributed by atoms with E-state index in [1.807, 2.05) is 0 Å². The zero-order chi connectivity index (χ0) is 13.2. The molecular weight excluding hydrogens is 254 g/mol.